The van der Waals surface area contributed by atoms with E-state index in [1.807, 2.05) is 41.5 Å². The lowest BCUT2D eigenvalue weighted by Gasteiger charge is -2.30. The predicted octanol–water partition coefficient (Wildman–Crippen LogP) is 3.66. The van der Waals surface area contributed by atoms with Gasteiger partial charge in [0, 0.05) is 0 Å². The third-order valence-electron chi connectivity index (χ3n) is 3.46. The monoisotopic (exact) mass is 313 g/mol. The maximum atomic E-state index is 12.5. The molecule has 5 nitrogen and oxygen atoms in total. The Labute approximate surface area is 134 Å². The first kappa shape index (κ1) is 18.8. The van der Waals surface area contributed by atoms with Crippen LogP contribution >= 0.6 is 0 Å². The molecule has 128 valence electrons. The molecule has 0 heterocycles. The molecule has 0 aromatic carbocycles. The summed E-state index contributed by atoms with van der Waals surface area (Å²) in [5.74, 6) is -0.340. The van der Waals surface area contributed by atoms with Gasteiger partial charge < -0.3 is 14.8 Å². The Bertz CT molecular complexity index is 398. The van der Waals surface area contributed by atoms with E-state index in [0.29, 0.717) is 26.1 Å². The lowest BCUT2D eigenvalue weighted by atomic mass is 9.96. The van der Waals surface area contributed by atoms with Crippen LogP contribution in [-0.2, 0) is 14.3 Å². The summed E-state index contributed by atoms with van der Waals surface area (Å²) in [6.45, 7) is 12.6. The molecule has 1 aliphatic carbocycles. The Kier molecular flexibility index (Phi) is 5.88. The van der Waals surface area contributed by atoms with Gasteiger partial charge in [-0.05, 0) is 23.7 Å². The minimum absolute atomic E-state index is 0.0950. The predicted molar refractivity (Wildman–Crippen MR) is 85.6 cm³/mol. The smallest absolute Gasteiger partial charge is 0.408 e. The summed E-state index contributed by atoms with van der Waals surface area (Å²) < 4.78 is 10.7. The highest BCUT2D eigenvalue weighted by atomic mass is 16.6. The average molecular weight is 313 g/mol. The summed E-state index contributed by atoms with van der Waals surface area (Å²) in [6, 6.07) is 0. The topological polar surface area (TPSA) is 64.6 Å². The summed E-state index contributed by atoms with van der Waals surface area (Å²) in [5.41, 5.74) is -1.12. The summed E-state index contributed by atoms with van der Waals surface area (Å²) in [6.07, 6.45) is 2.50. The van der Waals surface area contributed by atoms with Gasteiger partial charge in [-0.25, -0.2) is 9.59 Å². The Hall–Kier alpha value is -1.26. The van der Waals surface area contributed by atoms with Crippen LogP contribution < -0.4 is 5.32 Å². The molecule has 0 spiro atoms. The molecule has 1 aliphatic rings. The van der Waals surface area contributed by atoms with Gasteiger partial charge in [0.2, 0.25) is 0 Å². The molecule has 22 heavy (non-hydrogen) atoms. The number of ether oxygens (including phenoxy) is 2. The van der Waals surface area contributed by atoms with E-state index in [1.54, 1.807) is 0 Å². The van der Waals surface area contributed by atoms with Gasteiger partial charge in [-0.15, -0.1) is 0 Å². The zero-order chi connectivity index (χ0) is 17.0. The molecule has 0 aromatic heterocycles. The molecular formula is C17H31NO4. The van der Waals surface area contributed by atoms with Gasteiger partial charge in [0.05, 0.1) is 13.2 Å². The number of hydrogen-bond acceptors (Lipinski definition) is 4. The molecule has 0 saturated heterocycles. The summed E-state index contributed by atoms with van der Waals surface area (Å²) in [5, 5.41) is 2.77. The third kappa shape index (κ3) is 6.24. The molecule has 1 saturated carbocycles. The first-order valence-corrected chi connectivity index (χ1v) is 8.06. The lowest BCUT2D eigenvalue weighted by molar-refractivity contribution is -0.154. The zero-order valence-electron chi connectivity index (χ0n) is 14.9. The molecule has 1 rings (SSSR count). The second kappa shape index (κ2) is 6.88. The Morgan fingerprint density at radius 1 is 0.909 bits per heavy atom. The molecule has 0 aliphatic heterocycles. The Balaban J connectivity index is 2.63. The van der Waals surface area contributed by atoms with Crippen molar-refractivity contribution < 1.29 is 19.1 Å². The van der Waals surface area contributed by atoms with E-state index in [9.17, 15) is 9.59 Å². The summed E-state index contributed by atoms with van der Waals surface area (Å²) in [7, 11) is 0. The molecule has 0 radical (unpaired) electrons. The van der Waals surface area contributed by atoms with Crippen molar-refractivity contribution in [3.63, 3.8) is 0 Å². The van der Waals surface area contributed by atoms with Crippen LogP contribution in [0.3, 0.4) is 0 Å². The SMILES string of the molecule is CC(C)(C)COC(=O)NC1(C(=O)OCC(C)(C)C)CCCC1. The number of esters is 1. The fourth-order valence-electron chi connectivity index (χ4n) is 2.29. The van der Waals surface area contributed by atoms with Gasteiger partial charge >= 0.3 is 12.1 Å². The molecule has 0 unspecified atom stereocenters. The maximum Gasteiger partial charge on any atom is 0.408 e. The van der Waals surface area contributed by atoms with Gasteiger partial charge in [0.1, 0.15) is 5.54 Å². The lowest BCUT2D eigenvalue weighted by Crippen LogP contribution is -2.54. The van der Waals surface area contributed by atoms with Crippen LogP contribution in [0.1, 0.15) is 67.2 Å². The molecule has 1 N–H and O–H groups in total. The van der Waals surface area contributed by atoms with Gasteiger partial charge in [-0.3, -0.25) is 0 Å². The number of alkyl carbamates (subject to hydrolysis) is 1. The minimum atomic E-state index is -0.916. The van der Waals surface area contributed by atoms with E-state index in [1.165, 1.54) is 0 Å². The van der Waals surface area contributed by atoms with Crippen molar-refractivity contribution in [1.29, 1.82) is 0 Å². The van der Waals surface area contributed by atoms with E-state index >= 15 is 0 Å². The van der Waals surface area contributed by atoms with Crippen molar-refractivity contribution in [2.24, 2.45) is 10.8 Å². The van der Waals surface area contributed by atoms with Crippen LogP contribution in [0.15, 0.2) is 0 Å². The number of rotatable bonds is 4. The van der Waals surface area contributed by atoms with Gasteiger partial charge in [-0.2, -0.15) is 0 Å². The molecule has 0 aromatic rings. The quantitative estimate of drug-likeness (QED) is 0.804. The van der Waals surface area contributed by atoms with Crippen LogP contribution in [-0.4, -0.2) is 30.8 Å². The van der Waals surface area contributed by atoms with Crippen molar-refractivity contribution in [2.75, 3.05) is 13.2 Å². The van der Waals surface area contributed by atoms with Crippen LogP contribution in [0.25, 0.3) is 0 Å². The Morgan fingerprint density at radius 2 is 1.36 bits per heavy atom. The van der Waals surface area contributed by atoms with Gasteiger partial charge in [0.15, 0.2) is 0 Å². The van der Waals surface area contributed by atoms with Crippen LogP contribution in [0.4, 0.5) is 4.79 Å². The number of carbonyl (C=O) groups excluding carboxylic acids is 2. The summed E-state index contributed by atoms with van der Waals surface area (Å²) in [4.78, 5) is 24.5. The number of nitrogens with one attached hydrogen (secondary N) is 1. The fourth-order valence-corrected chi connectivity index (χ4v) is 2.29. The standard InChI is InChI=1S/C17H31NO4/c1-15(2,3)11-21-13(19)17(9-7-8-10-17)18-14(20)22-12-16(4,5)6/h7-12H2,1-6H3,(H,18,20). The van der Waals surface area contributed by atoms with Crippen molar-refractivity contribution in [2.45, 2.75) is 72.8 Å². The van der Waals surface area contributed by atoms with Gasteiger partial charge in [0.25, 0.3) is 0 Å². The van der Waals surface area contributed by atoms with Gasteiger partial charge in [-0.1, -0.05) is 54.4 Å². The van der Waals surface area contributed by atoms with E-state index in [2.05, 4.69) is 5.32 Å². The summed E-state index contributed by atoms with van der Waals surface area (Å²) >= 11 is 0. The number of carbonyl (C=O) groups is 2. The van der Waals surface area contributed by atoms with E-state index in [0.717, 1.165) is 12.8 Å². The highest BCUT2D eigenvalue weighted by Gasteiger charge is 2.44. The molecule has 5 heteroatoms. The highest BCUT2D eigenvalue weighted by molar-refractivity contribution is 5.86. The largest absolute Gasteiger partial charge is 0.463 e. The zero-order valence-corrected chi connectivity index (χ0v) is 14.9. The third-order valence-corrected chi connectivity index (χ3v) is 3.46. The van der Waals surface area contributed by atoms with Crippen molar-refractivity contribution in [3.8, 4) is 0 Å². The second-order valence-corrected chi connectivity index (χ2v) is 8.69. The van der Waals surface area contributed by atoms with Crippen LogP contribution in [0.5, 0.6) is 0 Å². The normalized spacial score (nSPS) is 17.9. The van der Waals surface area contributed by atoms with Crippen molar-refractivity contribution in [3.05, 3.63) is 0 Å². The minimum Gasteiger partial charge on any atom is -0.463 e. The first-order valence-electron chi connectivity index (χ1n) is 8.06. The van der Waals surface area contributed by atoms with Crippen LogP contribution in [0, 0.1) is 10.8 Å². The van der Waals surface area contributed by atoms with E-state index in [4.69, 9.17) is 9.47 Å². The molecule has 0 bridgehead atoms. The number of amides is 1. The fraction of sp³-hybridized carbons (Fsp3) is 0.882. The molecule has 0 atom stereocenters. The van der Waals surface area contributed by atoms with E-state index in [-0.39, 0.29) is 16.8 Å². The van der Waals surface area contributed by atoms with E-state index < -0.39 is 11.6 Å². The van der Waals surface area contributed by atoms with Crippen molar-refractivity contribution >= 4 is 12.1 Å². The molecular weight excluding hydrogens is 282 g/mol. The van der Waals surface area contributed by atoms with Crippen molar-refractivity contribution in [1.82, 2.24) is 5.32 Å². The van der Waals surface area contributed by atoms with Crippen LogP contribution in [0.2, 0.25) is 0 Å². The highest BCUT2D eigenvalue weighted by Crippen LogP contribution is 2.32. The number of hydrogen-bond donors (Lipinski definition) is 1. The average Bonchev–Trinajstić information content (AvgIpc) is 2.81. The molecule has 1 fully saturated rings. The second-order valence-electron chi connectivity index (χ2n) is 8.69. The maximum absolute atomic E-state index is 12.5. The Morgan fingerprint density at radius 3 is 1.82 bits per heavy atom. The first-order chi connectivity index (χ1) is 9.94. The molecule has 1 amide bonds.